The van der Waals surface area contributed by atoms with Crippen molar-refractivity contribution in [1.82, 2.24) is 9.78 Å². The number of hydrogen-bond acceptors (Lipinski definition) is 6. The topological polar surface area (TPSA) is 107 Å². The van der Waals surface area contributed by atoms with Gasteiger partial charge in [0.15, 0.2) is 0 Å². The molecule has 0 spiro atoms. The lowest BCUT2D eigenvalue weighted by Gasteiger charge is -2.11. The van der Waals surface area contributed by atoms with Gasteiger partial charge in [0.05, 0.1) is 29.6 Å². The Morgan fingerprint density at radius 1 is 1.32 bits per heavy atom. The quantitative estimate of drug-likeness (QED) is 0.447. The molecule has 0 unspecified atom stereocenters. The van der Waals surface area contributed by atoms with Crippen molar-refractivity contribution in [3.8, 4) is 6.07 Å². The van der Waals surface area contributed by atoms with Crippen molar-refractivity contribution in [2.75, 3.05) is 17.3 Å². The van der Waals surface area contributed by atoms with Crippen molar-refractivity contribution in [2.45, 2.75) is 6.42 Å². The molecule has 0 fully saturated rings. The number of hydrogen-bond donors (Lipinski definition) is 2. The molecule has 0 bridgehead atoms. The Kier molecular flexibility index (Phi) is 8.26. The highest BCUT2D eigenvalue weighted by Crippen LogP contribution is 2.21. The molecule has 0 radical (unpaired) electrons. The molecule has 2 N–H and O–H groups in total. The van der Waals surface area contributed by atoms with Gasteiger partial charge in [-0.2, -0.15) is 10.4 Å². The van der Waals surface area contributed by atoms with Crippen molar-refractivity contribution in [3.05, 3.63) is 88.5 Å². The number of rotatable bonds is 9. The number of benzene rings is 2. The van der Waals surface area contributed by atoms with E-state index in [4.69, 9.17) is 11.6 Å². The molecule has 2 aromatic carbocycles. The third-order valence-corrected chi connectivity index (χ3v) is 5.10. The monoisotopic (exact) mass is 477 g/mol. The highest BCUT2D eigenvalue weighted by molar-refractivity contribution is 6.31. The lowest BCUT2D eigenvalue weighted by Crippen LogP contribution is -2.16. The number of nitrogens with zero attached hydrogens (tertiary/aromatic N) is 5. The highest BCUT2D eigenvalue weighted by atomic mass is 35.5. The van der Waals surface area contributed by atoms with Crippen LogP contribution in [0.3, 0.4) is 0 Å². The largest absolute Gasteiger partial charge is 0.351 e. The molecule has 8 nitrogen and oxygen atoms in total. The van der Waals surface area contributed by atoms with Crippen LogP contribution in [-0.2, 0) is 18.3 Å². The third-order valence-electron chi connectivity index (χ3n) is 4.74. The standard InChI is InChI=1S/C24H21ClFN7O/c1-28-9-7-21(29-15-30-23-8-10-31-33(23)2)17-4-6-22(18(11-17)14-27)32-24(34)12-16-3-5-19(26)13-20(16)25/h3-11,13,30H,1,12,15H2,2H3,(H,32,34)/b9-7-,29-21+. The molecule has 0 saturated heterocycles. The lowest BCUT2D eigenvalue weighted by atomic mass is 10.0. The van der Waals surface area contributed by atoms with Crippen molar-refractivity contribution < 1.29 is 9.18 Å². The maximum atomic E-state index is 13.2. The Labute approximate surface area is 201 Å². The van der Waals surface area contributed by atoms with Crippen molar-refractivity contribution in [2.24, 2.45) is 17.0 Å². The van der Waals surface area contributed by atoms with Crippen molar-refractivity contribution >= 4 is 41.4 Å². The average molecular weight is 478 g/mol. The first-order valence-corrected chi connectivity index (χ1v) is 10.5. The zero-order valence-electron chi connectivity index (χ0n) is 18.3. The number of amides is 1. The first kappa shape index (κ1) is 24.4. The second kappa shape index (κ2) is 11.5. The molecule has 1 heterocycles. The van der Waals surface area contributed by atoms with Gasteiger partial charge in [-0.15, -0.1) is 0 Å². The number of halogens is 2. The summed E-state index contributed by atoms with van der Waals surface area (Å²) in [6.45, 7) is 3.69. The smallest absolute Gasteiger partial charge is 0.228 e. The summed E-state index contributed by atoms with van der Waals surface area (Å²) in [5.74, 6) is -0.0704. The van der Waals surface area contributed by atoms with Gasteiger partial charge in [0.25, 0.3) is 0 Å². The van der Waals surface area contributed by atoms with Crippen LogP contribution in [0, 0.1) is 17.1 Å². The number of carbonyl (C=O) groups is 1. The second-order valence-corrected chi connectivity index (χ2v) is 7.46. The van der Waals surface area contributed by atoms with Gasteiger partial charge in [-0.3, -0.25) is 19.5 Å². The van der Waals surface area contributed by atoms with Crippen molar-refractivity contribution in [1.29, 1.82) is 5.26 Å². The fourth-order valence-electron chi connectivity index (χ4n) is 3.05. The Bertz CT molecular complexity index is 1310. The summed E-state index contributed by atoms with van der Waals surface area (Å²) in [5.41, 5.74) is 2.29. The van der Waals surface area contributed by atoms with E-state index in [1.807, 2.05) is 13.1 Å². The molecule has 10 heteroatoms. The van der Waals surface area contributed by atoms with E-state index in [-0.39, 0.29) is 29.6 Å². The molecule has 3 aromatic rings. The van der Waals surface area contributed by atoms with E-state index in [0.717, 1.165) is 11.9 Å². The number of nitrogens with one attached hydrogen (secondary N) is 2. The second-order valence-electron chi connectivity index (χ2n) is 7.05. The van der Waals surface area contributed by atoms with Crippen LogP contribution in [0.5, 0.6) is 0 Å². The fraction of sp³-hybridized carbons (Fsp3) is 0.125. The van der Waals surface area contributed by atoms with Crippen LogP contribution >= 0.6 is 11.6 Å². The maximum absolute atomic E-state index is 13.2. The number of aryl methyl sites for hydroxylation is 1. The van der Waals surface area contributed by atoms with Gasteiger partial charge in [-0.25, -0.2) is 4.39 Å². The summed E-state index contributed by atoms with van der Waals surface area (Å²) in [4.78, 5) is 20.7. The van der Waals surface area contributed by atoms with E-state index in [1.54, 1.807) is 35.2 Å². The number of nitriles is 1. The van der Waals surface area contributed by atoms with Crippen LogP contribution in [0.25, 0.3) is 0 Å². The average Bonchev–Trinajstić information content (AvgIpc) is 3.23. The van der Waals surface area contributed by atoms with E-state index in [9.17, 15) is 14.4 Å². The molecule has 172 valence electrons. The fourth-order valence-corrected chi connectivity index (χ4v) is 3.29. The molecule has 0 aliphatic rings. The molecule has 1 amide bonds. The first-order valence-electron chi connectivity index (χ1n) is 10.1. The Balaban J connectivity index is 1.78. The van der Waals surface area contributed by atoms with Gasteiger partial charge in [-0.1, -0.05) is 23.7 Å². The van der Waals surface area contributed by atoms with E-state index >= 15 is 0 Å². The summed E-state index contributed by atoms with van der Waals surface area (Å²) >= 11 is 6.00. The highest BCUT2D eigenvalue weighted by Gasteiger charge is 2.12. The van der Waals surface area contributed by atoms with Gasteiger partial charge in [-0.05, 0) is 42.6 Å². The predicted molar refractivity (Wildman–Crippen MR) is 132 cm³/mol. The Morgan fingerprint density at radius 2 is 2.15 bits per heavy atom. The third kappa shape index (κ3) is 6.37. The van der Waals surface area contributed by atoms with E-state index in [0.29, 0.717) is 22.5 Å². The molecule has 0 atom stereocenters. The zero-order chi connectivity index (χ0) is 24.5. The van der Waals surface area contributed by atoms with Gasteiger partial charge >= 0.3 is 0 Å². The molecule has 3 rings (SSSR count). The van der Waals surface area contributed by atoms with Gasteiger partial charge in [0.2, 0.25) is 5.91 Å². The number of aromatic nitrogens is 2. The molecule has 1 aromatic heterocycles. The van der Waals surface area contributed by atoms with Crippen LogP contribution in [0.2, 0.25) is 5.02 Å². The van der Waals surface area contributed by atoms with Crippen LogP contribution < -0.4 is 10.6 Å². The number of aliphatic imine (C=N–C) groups is 2. The molecule has 0 aliphatic heterocycles. The Morgan fingerprint density at radius 3 is 2.82 bits per heavy atom. The molecule has 0 saturated carbocycles. The van der Waals surface area contributed by atoms with Crippen LogP contribution in [0.15, 0.2) is 70.9 Å². The minimum absolute atomic E-state index is 0.0636. The number of carbonyl (C=O) groups excluding carboxylic acids is 1. The van der Waals surface area contributed by atoms with Gasteiger partial charge in [0, 0.05) is 29.9 Å². The van der Waals surface area contributed by atoms with E-state index in [2.05, 4.69) is 38.5 Å². The van der Waals surface area contributed by atoms with Crippen molar-refractivity contribution in [3.63, 3.8) is 0 Å². The van der Waals surface area contributed by atoms with Crippen LogP contribution in [0.1, 0.15) is 16.7 Å². The summed E-state index contributed by atoms with van der Waals surface area (Å²) in [7, 11) is 1.81. The molecule has 0 aliphatic carbocycles. The first-order chi connectivity index (χ1) is 16.4. The summed E-state index contributed by atoms with van der Waals surface area (Å²) < 4.78 is 14.9. The maximum Gasteiger partial charge on any atom is 0.228 e. The van der Waals surface area contributed by atoms with E-state index < -0.39 is 5.82 Å². The lowest BCUT2D eigenvalue weighted by molar-refractivity contribution is -0.115. The molecular formula is C24H21ClFN7O. The van der Waals surface area contributed by atoms with Crippen LogP contribution in [-0.4, -0.2) is 34.8 Å². The van der Waals surface area contributed by atoms with Gasteiger partial charge < -0.3 is 10.6 Å². The van der Waals surface area contributed by atoms with Crippen LogP contribution in [0.4, 0.5) is 15.9 Å². The molecular weight excluding hydrogens is 457 g/mol. The zero-order valence-corrected chi connectivity index (χ0v) is 19.1. The van der Waals surface area contributed by atoms with E-state index in [1.165, 1.54) is 18.3 Å². The van der Waals surface area contributed by atoms with Gasteiger partial charge in [0.1, 0.15) is 24.4 Å². The minimum Gasteiger partial charge on any atom is -0.351 e. The summed E-state index contributed by atoms with van der Waals surface area (Å²) in [5, 5.41) is 19.7. The SMILES string of the molecule is C=N/C=C\C(=N/CNc1ccnn1C)c1ccc(NC(=O)Cc2ccc(F)cc2Cl)c(C#N)c1. The normalized spacial score (nSPS) is 11.3. The summed E-state index contributed by atoms with van der Waals surface area (Å²) in [6.07, 6.45) is 4.77. The molecule has 34 heavy (non-hydrogen) atoms. The Hall–Kier alpha value is -4.29. The number of allylic oxidation sites excluding steroid dienone is 1. The summed E-state index contributed by atoms with van der Waals surface area (Å²) in [6, 6.07) is 12.7. The minimum atomic E-state index is -0.481. The predicted octanol–water partition coefficient (Wildman–Crippen LogP) is 4.34. The number of anilines is 2.